The van der Waals surface area contributed by atoms with E-state index < -0.39 is 5.60 Å². The highest BCUT2D eigenvalue weighted by Gasteiger charge is 2.49. The molecule has 1 aromatic carbocycles. The highest BCUT2D eigenvalue weighted by Crippen LogP contribution is 2.51. The molecular weight excluding hydrogens is 226 g/mol. The summed E-state index contributed by atoms with van der Waals surface area (Å²) in [6.07, 6.45) is 3.07. The molecule has 3 heteroatoms. The van der Waals surface area contributed by atoms with Crippen LogP contribution in [0.25, 0.3) is 0 Å². The topological polar surface area (TPSA) is 50.1 Å². The lowest BCUT2D eigenvalue weighted by Gasteiger charge is -2.38. The SMILES string of the molecule is CC1(C#N)CCC2(CC1)OC(=O)c1ccccc12. The lowest BCUT2D eigenvalue weighted by atomic mass is 9.68. The molecule has 3 rings (SSSR count). The van der Waals surface area contributed by atoms with Crippen molar-refractivity contribution in [1.82, 2.24) is 0 Å². The van der Waals surface area contributed by atoms with Crippen LogP contribution in [0.2, 0.25) is 0 Å². The number of nitrogens with zero attached hydrogens (tertiary/aromatic N) is 1. The van der Waals surface area contributed by atoms with Crippen molar-refractivity contribution in [2.45, 2.75) is 38.2 Å². The Morgan fingerprint density at radius 2 is 1.89 bits per heavy atom. The van der Waals surface area contributed by atoms with Crippen molar-refractivity contribution in [3.63, 3.8) is 0 Å². The van der Waals surface area contributed by atoms with Gasteiger partial charge in [0.05, 0.1) is 17.0 Å². The Hall–Kier alpha value is -1.82. The van der Waals surface area contributed by atoms with Gasteiger partial charge in [0.2, 0.25) is 0 Å². The van der Waals surface area contributed by atoms with Gasteiger partial charge in [0, 0.05) is 5.56 Å². The minimum atomic E-state index is -0.468. The first-order valence-electron chi connectivity index (χ1n) is 6.33. The molecule has 0 radical (unpaired) electrons. The van der Waals surface area contributed by atoms with E-state index in [1.54, 1.807) is 0 Å². The van der Waals surface area contributed by atoms with E-state index in [9.17, 15) is 10.1 Å². The molecule has 0 aromatic heterocycles. The highest BCUT2D eigenvalue weighted by molar-refractivity contribution is 5.94. The molecule has 0 N–H and O–H groups in total. The van der Waals surface area contributed by atoms with Crippen molar-refractivity contribution in [2.24, 2.45) is 5.41 Å². The smallest absolute Gasteiger partial charge is 0.339 e. The largest absolute Gasteiger partial charge is 0.451 e. The van der Waals surface area contributed by atoms with Crippen LogP contribution in [0.1, 0.15) is 48.5 Å². The first-order chi connectivity index (χ1) is 8.59. The second-order valence-electron chi connectivity index (χ2n) is 5.60. The van der Waals surface area contributed by atoms with Crippen LogP contribution in [0.3, 0.4) is 0 Å². The summed E-state index contributed by atoms with van der Waals surface area (Å²) in [5.74, 6) is -0.217. The maximum absolute atomic E-state index is 11.9. The summed E-state index contributed by atoms with van der Waals surface area (Å²) in [4.78, 5) is 11.9. The van der Waals surface area contributed by atoms with Crippen LogP contribution in [0, 0.1) is 16.7 Å². The average Bonchev–Trinajstić information content (AvgIpc) is 2.68. The van der Waals surface area contributed by atoms with E-state index >= 15 is 0 Å². The Kier molecular flexibility index (Phi) is 2.25. The highest BCUT2D eigenvalue weighted by atomic mass is 16.6. The standard InChI is InChI=1S/C15H15NO2/c1-14(10-16)6-8-15(9-7-14)12-5-3-2-4-11(12)13(17)18-15/h2-5H,6-9H2,1H3. The number of rotatable bonds is 0. The van der Waals surface area contributed by atoms with Crippen LogP contribution in [-0.4, -0.2) is 5.97 Å². The van der Waals surface area contributed by atoms with Crippen LogP contribution >= 0.6 is 0 Å². The van der Waals surface area contributed by atoms with Crippen molar-refractivity contribution in [2.75, 3.05) is 0 Å². The number of benzene rings is 1. The second-order valence-corrected chi connectivity index (χ2v) is 5.60. The van der Waals surface area contributed by atoms with E-state index in [1.165, 1.54) is 0 Å². The lowest BCUT2D eigenvalue weighted by molar-refractivity contribution is -0.0415. The zero-order valence-corrected chi connectivity index (χ0v) is 10.4. The number of fused-ring (bicyclic) bond motifs is 2. The molecule has 1 aromatic rings. The van der Waals surface area contributed by atoms with Gasteiger partial charge in [0.1, 0.15) is 5.60 Å². The minimum Gasteiger partial charge on any atom is -0.451 e. The minimum absolute atomic E-state index is 0.217. The molecule has 1 saturated carbocycles. The van der Waals surface area contributed by atoms with E-state index in [-0.39, 0.29) is 11.4 Å². The molecule has 1 heterocycles. The van der Waals surface area contributed by atoms with Gasteiger partial charge in [-0.2, -0.15) is 5.26 Å². The molecule has 0 atom stereocenters. The molecule has 1 aliphatic carbocycles. The van der Waals surface area contributed by atoms with Gasteiger partial charge in [-0.25, -0.2) is 4.79 Å². The number of carbonyl (C=O) groups excluding carboxylic acids is 1. The van der Waals surface area contributed by atoms with E-state index in [2.05, 4.69) is 6.07 Å². The molecule has 18 heavy (non-hydrogen) atoms. The van der Waals surface area contributed by atoms with Gasteiger partial charge in [-0.05, 0) is 38.7 Å². The van der Waals surface area contributed by atoms with Crippen molar-refractivity contribution >= 4 is 5.97 Å². The molecule has 0 amide bonds. The maximum Gasteiger partial charge on any atom is 0.339 e. The molecule has 2 aliphatic rings. The van der Waals surface area contributed by atoms with Crippen molar-refractivity contribution in [3.05, 3.63) is 35.4 Å². The van der Waals surface area contributed by atoms with E-state index in [0.29, 0.717) is 5.56 Å². The van der Waals surface area contributed by atoms with Crippen LogP contribution in [-0.2, 0) is 10.3 Å². The lowest BCUT2D eigenvalue weighted by Crippen LogP contribution is -2.35. The van der Waals surface area contributed by atoms with Crippen LogP contribution < -0.4 is 0 Å². The molecule has 0 saturated heterocycles. The Balaban J connectivity index is 1.97. The van der Waals surface area contributed by atoms with Gasteiger partial charge >= 0.3 is 5.97 Å². The van der Waals surface area contributed by atoms with Crippen LogP contribution in [0.4, 0.5) is 0 Å². The first-order valence-corrected chi connectivity index (χ1v) is 6.33. The number of esters is 1. The Labute approximate surface area is 106 Å². The fourth-order valence-electron chi connectivity index (χ4n) is 3.03. The van der Waals surface area contributed by atoms with Crippen molar-refractivity contribution in [1.29, 1.82) is 5.26 Å². The maximum atomic E-state index is 11.9. The Morgan fingerprint density at radius 1 is 1.22 bits per heavy atom. The molecule has 3 nitrogen and oxygen atoms in total. The molecule has 1 spiro atoms. The summed E-state index contributed by atoms with van der Waals surface area (Å²) < 4.78 is 5.65. The summed E-state index contributed by atoms with van der Waals surface area (Å²) in [7, 11) is 0. The number of nitriles is 1. The fourth-order valence-corrected chi connectivity index (χ4v) is 3.03. The number of ether oxygens (including phenoxy) is 1. The van der Waals surface area contributed by atoms with Gasteiger partial charge in [-0.3, -0.25) is 0 Å². The third-order valence-corrected chi connectivity index (χ3v) is 4.36. The first kappa shape index (κ1) is 11.3. The van der Waals surface area contributed by atoms with Gasteiger partial charge in [-0.15, -0.1) is 0 Å². The zero-order valence-electron chi connectivity index (χ0n) is 10.4. The van der Waals surface area contributed by atoms with Crippen molar-refractivity contribution < 1.29 is 9.53 Å². The summed E-state index contributed by atoms with van der Waals surface area (Å²) in [6.45, 7) is 1.99. The summed E-state index contributed by atoms with van der Waals surface area (Å²) >= 11 is 0. The number of hydrogen-bond donors (Lipinski definition) is 0. The van der Waals surface area contributed by atoms with Gasteiger partial charge in [0.25, 0.3) is 0 Å². The zero-order chi connectivity index (χ0) is 12.8. The van der Waals surface area contributed by atoms with E-state index in [1.807, 2.05) is 31.2 Å². The average molecular weight is 241 g/mol. The molecule has 0 bridgehead atoms. The summed E-state index contributed by atoms with van der Waals surface area (Å²) in [5.41, 5.74) is 0.965. The molecule has 1 fully saturated rings. The monoisotopic (exact) mass is 241 g/mol. The third kappa shape index (κ3) is 1.45. The summed E-state index contributed by atoms with van der Waals surface area (Å²) in [6, 6.07) is 9.99. The fraction of sp³-hybridized carbons (Fsp3) is 0.467. The van der Waals surface area contributed by atoms with Gasteiger partial charge in [-0.1, -0.05) is 18.2 Å². The van der Waals surface area contributed by atoms with Crippen LogP contribution in [0.5, 0.6) is 0 Å². The number of carbonyl (C=O) groups is 1. The molecular formula is C15H15NO2. The normalized spacial score (nSPS) is 33.9. The van der Waals surface area contributed by atoms with Crippen LogP contribution in [0.15, 0.2) is 24.3 Å². The molecule has 0 unspecified atom stereocenters. The molecule has 1 aliphatic heterocycles. The van der Waals surface area contributed by atoms with E-state index in [4.69, 9.17) is 4.74 Å². The Morgan fingerprint density at radius 3 is 2.56 bits per heavy atom. The number of hydrogen-bond acceptors (Lipinski definition) is 3. The molecule has 92 valence electrons. The van der Waals surface area contributed by atoms with Gasteiger partial charge < -0.3 is 4.74 Å². The van der Waals surface area contributed by atoms with Gasteiger partial charge in [0.15, 0.2) is 0 Å². The quantitative estimate of drug-likeness (QED) is 0.655. The predicted octanol–water partition coefficient (Wildman–Crippen LogP) is 3.16. The third-order valence-electron chi connectivity index (χ3n) is 4.36. The predicted molar refractivity (Wildman–Crippen MR) is 65.7 cm³/mol. The van der Waals surface area contributed by atoms with Crippen molar-refractivity contribution in [3.8, 4) is 6.07 Å². The summed E-state index contributed by atoms with van der Waals surface area (Å²) in [5, 5.41) is 9.17. The second kappa shape index (κ2) is 3.58. The Bertz CT molecular complexity index is 548. The van der Waals surface area contributed by atoms with E-state index in [0.717, 1.165) is 31.2 Å².